The van der Waals surface area contributed by atoms with E-state index >= 15 is 0 Å². The smallest absolute Gasteiger partial charge is 0.134 e. The van der Waals surface area contributed by atoms with E-state index in [-0.39, 0.29) is 0 Å². The van der Waals surface area contributed by atoms with Crippen LogP contribution in [0.15, 0.2) is 40.8 Å². The number of benzene rings is 1. The van der Waals surface area contributed by atoms with Crippen molar-refractivity contribution in [2.45, 2.75) is 6.42 Å². The van der Waals surface area contributed by atoms with Crippen LogP contribution in [-0.2, 0) is 6.42 Å². The summed E-state index contributed by atoms with van der Waals surface area (Å²) >= 11 is 0. The summed E-state index contributed by atoms with van der Waals surface area (Å²) in [4.78, 5) is 0. The lowest BCUT2D eigenvalue weighted by Gasteiger charge is -2.09. The molecule has 1 heteroatoms. The maximum atomic E-state index is 5.55. The Kier molecular flexibility index (Phi) is 1.01. The fraction of sp³-hybridized carbons (Fsp3) is 0.0909. The van der Waals surface area contributed by atoms with E-state index in [0.717, 1.165) is 17.9 Å². The molecule has 1 nitrogen and oxygen atoms in total. The Labute approximate surface area is 70.6 Å². The lowest BCUT2D eigenvalue weighted by atomic mass is 10.0. The molecule has 0 unspecified atom stereocenters. The van der Waals surface area contributed by atoms with Crippen molar-refractivity contribution in [3.8, 4) is 11.3 Å². The minimum atomic E-state index is 0.941. The minimum Gasteiger partial charge on any atom is -0.461 e. The van der Waals surface area contributed by atoms with Crippen LogP contribution in [0.3, 0.4) is 0 Å². The molecule has 2 aromatic rings. The molecule has 0 saturated carbocycles. The van der Waals surface area contributed by atoms with Crippen LogP contribution < -0.4 is 0 Å². The highest BCUT2D eigenvalue weighted by atomic mass is 16.3. The van der Waals surface area contributed by atoms with Crippen LogP contribution in [0.1, 0.15) is 11.3 Å². The zero-order valence-electron chi connectivity index (χ0n) is 6.58. The molecular formula is C11H8O. The van der Waals surface area contributed by atoms with Gasteiger partial charge >= 0.3 is 0 Å². The predicted octanol–water partition coefficient (Wildman–Crippen LogP) is 2.85. The summed E-state index contributed by atoms with van der Waals surface area (Å²) in [5, 5.41) is 0. The molecule has 2 bridgehead atoms. The number of rotatable bonds is 0. The molecule has 0 radical (unpaired) electrons. The van der Waals surface area contributed by atoms with Gasteiger partial charge in [0.1, 0.15) is 11.5 Å². The van der Waals surface area contributed by atoms with Crippen molar-refractivity contribution in [1.82, 2.24) is 0 Å². The van der Waals surface area contributed by atoms with Gasteiger partial charge in [0.15, 0.2) is 0 Å². The van der Waals surface area contributed by atoms with Gasteiger partial charge in [-0.2, -0.15) is 0 Å². The molecule has 1 aliphatic heterocycles. The Morgan fingerprint density at radius 3 is 2.92 bits per heavy atom. The second-order valence-electron chi connectivity index (χ2n) is 3.10. The molecule has 1 aliphatic rings. The molecule has 0 spiro atoms. The highest BCUT2D eigenvalue weighted by Crippen LogP contribution is 2.32. The van der Waals surface area contributed by atoms with Gasteiger partial charge in [-0.15, -0.1) is 0 Å². The average Bonchev–Trinajstić information content (AvgIpc) is 2.49. The molecule has 0 fully saturated rings. The molecule has 0 atom stereocenters. The maximum absolute atomic E-state index is 5.55. The Bertz CT molecular complexity index is 426. The SMILES string of the molecule is c1ccc2c(c1)Cc1ccc-2o1. The standard InChI is InChI=1S/C11H8O/c1-2-4-10-8(3-1)7-9-5-6-11(10)12-9/h1-6H,7H2. The van der Waals surface area contributed by atoms with Crippen molar-refractivity contribution >= 4 is 0 Å². The number of hydrogen-bond donors (Lipinski definition) is 0. The van der Waals surface area contributed by atoms with Crippen molar-refractivity contribution in [3.63, 3.8) is 0 Å². The van der Waals surface area contributed by atoms with Gasteiger partial charge in [0, 0.05) is 12.0 Å². The fourth-order valence-electron chi connectivity index (χ4n) is 1.72. The molecule has 1 aromatic carbocycles. The Morgan fingerprint density at radius 1 is 1.00 bits per heavy atom. The zero-order chi connectivity index (χ0) is 7.97. The largest absolute Gasteiger partial charge is 0.461 e. The van der Waals surface area contributed by atoms with Crippen LogP contribution in [0, 0.1) is 0 Å². The highest BCUT2D eigenvalue weighted by molar-refractivity contribution is 5.65. The first-order valence-corrected chi connectivity index (χ1v) is 4.10. The first kappa shape index (κ1) is 6.06. The summed E-state index contributed by atoms with van der Waals surface area (Å²) in [6, 6.07) is 12.5. The average molecular weight is 156 g/mol. The molecule has 58 valence electrons. The van der Waals surface area contributed by atoms with E-state index in [2.05, 4.69) is 24.3 Å². The van der Waals surface area contributed by atoms with E-state index in [4.69, 9.17) is 4.42 Å². The van der Waals surface area contributed by atoms with Crippen LogP contribution in [0.25, 0.3) is 11.3 Å². The van der Waals surface area contributed by atoms with Gasteiger partial charge in [-0.05, 0) is 17.7 Å². The lowest BCUT2D eigenvalue weighted by molar-refractivity contribution is 0.523. The van der Waals surface area contributed by atoms with Crippen LogP contribution in [0.5, 0.6) is 0 Å². The molecule has 0 saturated heterocycles. The van der Waals surface area contributed by atoms with Gasteiger partial charge in [0.2, 0.25) is 0 Å². The van der Waals surface area contributed by atoms with Gasteiger partial charge in [-0.3, -0.25) is 0 Å². The van der Waals surface area contributed by atoms with Gasteiger partial charge in [-0.1, -0.05) is 24.3 Å². The third kappa shape index (κ3) is 0.681. The van der Waals surface area contributed by atoms with E-state index in [1.54, 1.807) is 0 Å². The van der Waals surface area contributed by atoms with Crippen molar-refractivity contribution in [2.75, 3.05) is 0 Å². The van der Waals surface area contributed by atoms with Crippen LogP contribution in [0.4, 0.5) is 0 Å². The topological polar surface area (TPSA) is 13.1 Å². The number of furan rings is 1. The minimum absolute atomic E-state index is 0.941. The van der Waals surface area contributed by atoms with Gasteiger partial charge in [0.25, 0.3) is 0 Å². The summed E-state index contributed by atoms with van der Waals surface area (Å²) in [5.41, 5.74) is 2.62. The normalized spacial score (nSPS) is 12.7. The first-order chi connectivity index (χ1) is 5.93. The molecule has 0 amide bonds. The Morgan fingerprint density at radius 2 is 1.92 bits per heavy atom. The van der Waals surface area contributed by atoms with Crippen molar-refractivity contribution in [3.05, 3.63) is 47.7 Å². The molecule has 2 heterocycles. The van der Waals surface area contributed by atoms with E-state index in [0.29, 0.717) is 0 Å². The van der Waals surface area contributed by atoms with Crippen LogP contribution >= 0.6 is 0 Å². The quantitative estimate of drug-likeness (QED) is 0.487. The van der Waals surface area contributed by atoms with Crippen molar-refractivity contribution in [2.24, 2.45) is 0 Å². The number of fused-ring (bicyclic) bond motifs is 4. The molecule has 12 heavy (non-hydrogen) atoms. The summed E-state index contributed by atoms with van der Waals surface area (Å²) in [6.45, 7) is 0. The van der Waals surface area contributed by atoms with Crippen molar-refractivity contribution < 1.29 is 4.42 Å². The summed E-state index contributed by atoms with van der Waals surface area (Å²) in [6.07, 6.45) is 0.941. The second-order valence-corrected chi connectivity index (χ2v) is 3.10. The molecule has 3 rings (SSSR count). The second kappa shape index (κ2) is 2.01. The van der Waals surface area contributed by atoms with Gasteiger partial charge < -0.3 is 4.42 Å². The maximum Gasteiger partial charge on any atom is 0.134 e. The molecular weight excluding hydrogens is 148 g/mol. The molecule has 1 aromatic heterocycles. The fourth-order valence-corrected chi connectivity index (χ4v) is 1.72. The third-order valence-electron chi connectivity index (χ3n) is 2.31. The zero-order valence-corrected chi connectivity index (χ0v) is 6.58. The van der Waals surface area contributed by atoms with Gasteiger partial charge in [-0.25, -0.2) is 0 Å². The Balaban J connectivity index is 2.36. The van der Waals surface area contributed by atoms with E-state index in [9.17, 15) is 0 Å². The first-order valence-electron chi connectivity index (χ1n) is 4.10. The van der Waals surface area contributed by atoms with Crippen molar-refractivity contribution in [1.29, 1.82) is 0 Å². The molecule has 0 aliphatic carbocycles. The summed E-state index contributed by atoms with van der Waals surface area (Å²) < 4.78 is 5.55. The monoisotopic (exact) mass is 156 g/mol. The summed E-state index contributed by atoms with van der Waals surface area (Å²) in [7, 11) is 0. The van der Waals surface area contributed by atoms with Crippen LogP contribution in [0.2, 0.25) is 0 Å². The number of hydrogen-bond acceptors (Lipinski definition) is 1. The van der Waals surface area contributed by atoms with Crippen LogP contribution in [-0.4, -0.2) is 0 Å². The van der Waals surface area contributed by atoms with Gasteiger partial charge in [0.05, 0.1) is 0 Å². The third-order valence-corrected chi connectivity index (χ3v) is 2.31. The predicted molar refractivity (Wildman–Crippen MR) is 47.0 cm³/mol. The Hall–Kier alpha value is -1.50. The van der Waals surface area contributed by atoms with E-state index in [1.807, 2.05) is 12.1 Å². The van der Waals surface area contributed by atoms with E-state index in [1.165, 1.54) is 11.1 Å². The lowest BCUT2D eigenvalue weighted by Crippen LogP contribution is -1.92. The summed E-state index contributed by atoms with van der Waals surface area (Å²) in [5.74, 6) is 2.08. The molecule has 0 N–H and O–H groups in total. The highest BCUT2D eigenvalue weighted by Gasteiger charge is 2.15. The van der Waals surface area contributed by atoms with E-state index < -0.39 is 0 Å².